The smallest absolute Gasteiger partial charge is 0.287 e. The van der Waals surface area contributed by atoms with E-state index in [9.17, 15) is 9.59 Å². The second-order valence-electron chi connectivity index (χ2n) is 10.3. The van der Waals surface area contributed by atoms with Gasteiger partial charge >= 0.3 is 0 Å². The molecule has 0 aliphatic carbocycles. The van der Waals surface area contributed by atoms with Crippen molar-refractivity contribution in [3.8, 4) is 22.9 Å². The van der Waals surface area contributed by atoms with Crippen molar-refractivity contribution in [3.05, 3.63) is 114 Å². The molecule has 240 valence electrons. The van der Waals surface area contributed by atoms with Crippen LogP contribution in [0, 0.1) is 0 Å². The highest BCUT2D eigenvalue weighted by molar-refractivity contribution is 7.99. The lowest BCUT2D eigenvalue weighted by Gasteiger charge is -2.24. The average molecular weight is 653 g/mol. The summed E-state index contributed by atoms with van der Waals surface area (Å²) >= 11 is 1.23. The molecule has 12 nitrogen and oxygen atoms in total. The fourth-order valence-corrected chi connectivity index (χ4v) is 6.13. The van der Waals surface area contributed by atoms with Crippen LogP contribution in [0.5, 0.6) is 17.2 Å². The number of carbonyl (C=O) groups excluding carboxylic acids is 2. The minimum absolute atomic E-state index is 0.0197. The van der Waals surface area contributed by atoms with Gasteiger partial charge in [-0.1, -0.05) is 42.1 Å². The van der Waals surface area contributed by atoms with Gasteiger partial charge in [-0.15, -0.1) is 10.2 Å². The number of furan rings is 1. The number of rotatable bonds is 12. The van der Waals surface area contributed by atoms with Gasteiger partial charge in [-0.2, -0.15) is 5.10 Å². The molecule has 0 saturated heterocycles. The van der Waals surface area contributed by atoms with E-state index in [0.29, 0.717) is 28.9 Å². The van der Waals surface area contributed by atoms with Gasteiger partial charge in [0.2, 0.25) is 0 Å². The lowest BCUT2D eigenvalue weighted by atomic mass is 9.97. The van der Waals surface area contributed by atoms with Gasteiger partial charge in [0.25, 0.3) is 11.8 Å². The number of hydrogen-bond acceptors (Lipinski definition) is 10. The van der Waals surface area contributed by atoms with Crippen LogP contribution in [0.3, 0.4) is 0 Å². The SMILES string of the molecule is COc1ccc(C2=NN(C(=O)CSc3nnc(CNC(=O)c4ccco4)n3-c3ccccc3)[C@@H](c3cccc(OC)c3OC)C2)cc1. The van der Waals surface area contributed by atoms with Crippen molar-refractivity contribution >= 4 is 29.3 Å². The molecule has 2 aromatic heterocycles. The third-order valence-corrected chi connectivity index (χ3v) is 8.49. The number of nitrogens with one attached hydrogen (secondary N) is 1. The van der Waals surface area contributed by atoms with Crippen molar-refractivity contribution in [2.24, 2.45) is 5.10 Å². The second kappa shape index (κ2) is 14.3. The van der Waals surface area contributed by atoms with Crippen LogP contribution in [0.4, 0.5) is 0 Å². The summed E-state index contributed by atoms with van der Waals surface area (Å²) in [7, 11) is 4.77. The minimum atomic E-state index is -0.440. The molecule has 0 bridgehead atoms. The lowest BCUT2D eigenvalue weighted by Crippen LogP contribution is -2.29. The van der Waals surface area contributed by atoms with Crippen molar-refractivity contribution in [3.63, 3.8) is 0 Å². The van der Waals surface area contributed by atoms with E-state index in [0.717, 1.165) is 28.3 Å². The van der Waals surface area contributed by atoms with E-state index in [1.54, 1.807) is 33.5 Å². The van der Waals surface area contributed by atoms with E-state index in [2.05, 4.69) is 15.5 Å². The zero-order valence-corrected chi connectivity index (χ0v) is 26.8. The van der Waals surface area contributed by atoms with Crippen molar-refractivity contribution in [1.82, 2.24) is 25.1 Å². The van der Waals surface area contributed by atoms with E-state index in [1.807, 2.05) is 77.4 Å². The highest BCUT2D eigenvalue weighted by Crippen LogP contribution is 2.42. The zero-order chi connectivity index (χ0) is 32.8. The Kier molecular flexibility index (Phi) is 9.53. The Hall–Kier alpha value is -5.56. The van der Waals surface area contributed by atoms with Crippen LogP contribution in [-0.4, -0.2) is 64.4 Å². The van der Waals surface area contributed by atoms with Crippen molar-refractivity contribution < 1.29 is 28.2 Å². The predicted octanol–water partition coefficient (Wildman–Crippen LogP) is 5.29. The van der Waals surface area contributed by atoms with Crippen LogP contribution >= 0.6 is 11.8 Å². The van der Waals surface area contributed by atoms with Gasteiger partial charge in [-0.25, -0.2) is 5.01 Å². The maximum absolute atomic E-state index is 14.0. The standard InChI is InChI=1S/C34H32N6O6S/c1-43-24-16-14-22(15-17-24)26-19-27(25-11-7-12-28(44-2)32(25)45-3)40(38-26)31(41)21-47-34-37-36-30(39(34)23-9-5-4-6-10-23)20-35-33(42)29-13-8-18-46-29/h4-18,27H,19-21H2,1-3H3,(H,35,42)/t27-/m1/s1. The Morgan fingerprint density at radius 3 is 2.43 bits per heavy atom. The van der Waals surface area contributed by atoms with E-state index in [1.165, 1.54) is 23.0 Å². The van der Waals surface area contributed by atoms with Crippen LogP contribution in [0.25, 0.3) is 5.69 Å². The second-order valence-corrected chi connectivity index (χ2v) is 11.3. The van der Waals surface area contributed by atoms with Crippen molar-refractivity contribution in [2.75, 3.05) is 27.1 Å². The monoisotopic (exact) mass is 652 g/mol. The van der Waals surface area contributed by atoms with Crippen LogP contribution < -0.4 is 19.5 Å². The molecule has 0 fully saturated rings. The number of amides is 2. The number of aromatic nitrogens is 3. The predicted molar refractivity (Wildman–Crippen MR) is 175 cm³/mol. The molecule has 1 N–H and O–H groups in total. The molecule has 3 heterocycles. The van der Waals surface area contributed by atoms with Gasteiger partial charge in [0, 0.05) is 17.7 Å². The number of hydrogen-bond donors (Lipinski definition) is 1. The van der Waals surface area contributed by atoms with Gasteiger partial charge in [-0.05, 0) is 60.2 Å². The molecule has 1 aliphatic rings. The summed E-state index contributed by atoms with van der Waals surface area (Å²) in [5.41, 5.74) is 3.20. The maximum Gasteiger partial charge on any atom is 0.287 e. The first-order valence-corrected chi connectivity index (χ1v) is 15.7. The van der Waals surface area contributed by atoms with Crippen LogP contribution in [0.15, 0.2) is 106 Å². The van der Waals surface area contributed by atoms with E-state index >= 15 is 0 Å². The molecule has 3 aromatic carbocycles. The molecule has 1 aliphatic heterocycles. The van der Waals surface area contributed by atoms with E-state index in [-0.39, 0.29) is 29.9 Å². The van der Waals surface area contributed by atoms with E-state index in [4.69, 9.17) is 23.7 Å². The molecule has 0 spiro atoms. The molecular weight excluding hydrogens is 620 g/mol. The highest BCUT2D eigenvalue weighted by atomic mass is 32.2. The number of thioether (sulfide) groups is 1. The molecular formula is C34H32N6O6S. The Morgan fingerprint density at radius 1 is 0.915 bits per heavy atom. The lowest BCUT2D eigenvalue weighted by molar-refractivity contribution is -0.130. The maximum atomic E-state index is 14.0. The summed E-state index contributed by atoms with van der Waals surface area (Å²) in [6, 6.07) is 25.5. The van der Waals surface area contributed by atoms with Crippen LogP contribution in [0.1, 0.15) is 40.0 Å². The quantitative estimate of drug-likeness (QED) is 0.179. The minimum Gasteiger partial charge on any atom is -0.497 e. The molecule has 0 unspecified atom stereocenters. The number of methoxy groups -OCH3 is 3. The molecule has 0 saturated carbocycles. The number of para-hydroxylation sites is 2. The first-order valence-electron chi connectivity index (χ1n) is 14.7. The Morgan fingerprint density at radius 2 is 1.72 bits per heavy atom. The molecule has 1 atom stereocenters. The molecule has 5 aromatic rings. The topological polar surface area (TPSA) is 133 Å². The molecule has 13 heteroatoms. The summed E-state index contributed by atoms with van der Waals surface area (Å²) in [6.07, 6.45) is 1.90. The number of benzene rings is 3. The van der Waals surface area contributed by atoms with E-state index < -0.39 is 6.04 Å². The molecule has 6 rings (SSSR count). The fourth-order valence-electron chi connectivity index (χ4n) is 5.31. The number of carbonyl (C=O) groups is 2. The fraction of sp³-hybridized carbons (Fsp3) is 0.206. The summed E-state index contributed by atoms with van der Waals surface area (Å²) in [6.45, 7) is 0.0925. The number of nitrogens with zero attached hydrogens (tertiary/aromatic N) is 5. The summed E-state index contributed by atoms with van der Waals surface area (Å²) < 4.78 is 23.6. The molecule has 0 radical (unpaired) electrons. The number of ether oxygens (including phenoxy) is 3. The van der Waals surface area contributed by atoms with Crippen LogP contribution in [0.2, 0.25) is 0 Å². The summed E-state index contributed by atoms with van der Waals surface area (Å²) in [4.78, 5) is 26.6. The largest absolute Gasteiger partial charge is 0.497 e. The number of hydrazone groups is 1. The third kappa shape index (κ3) is 6.70. The summed E-state index contributed by atoms with van der Waals surface area (Å²) in [5, 5.41) is 18.4. The third-order valence-electron chi connectivity index (χ3n) is 7.57. The van der Waals surface area contributed by atoms with Gasteiger partial charge in [-0.3, -0.25) is 14.2 Å². The first kappa shape index (κ1) is 31.4. The van der Waals surface area contributed by atoms with Gasteiger partial charge in [0.1, 0.15) is 5.75 Å². The van der Waals surface area contributed by atoms with Gasteiger partial charge < -0.3 is 23.9 Å². The van der Waals surface area contributed by atoms with Crippen LogP contribution in [-0.2, 0) is 11.3 Å². The molecule has 47 heavy (non-hydrogen) atoms. The molecule has 2 amide bonds. The van der Waals surface area contributed by atoms with Crippen molar-refractivity contribution in [2.45, 2.75) is 24.2 Å². The Balaban J connectivity index is 1.27. The van der Waals surface area contributed by atoms with Gasteiger partial charge in [0.15, 0.2) is 28.2 Å². The normalized spacial score (nSPS) is 14.1. The summed E-state index contributed by atoms with van der Waals surface area (Å²) in [5.74, 6) is 1.93. The zero-order valence-electron chi connectivity index (χ0n) is 26.0. The highest BCUT2D eigenvalue weighted by Gasteiger charge is 2.36. The van der Waals surface area contributed by atoms with Gasteiger partial charge in [0.05, 0.1) is 51.6 Å². The average Bonchev–Trinajstić information content (AvgIpc) is 3.90. The Bertz CT molecular complexity index is 1880. The Labute approximate surface area is 275 Å². The first-order chi connectivity index (χ1) is 23.0. The van der Waals surface area contributed by atoms with Crippen molar-refractivity contribution in [1.29, 1.82) is 0 Å².